The topological polar surface area (TPSA) is 41.9 Å². The highest BCUT2D eigenvalue weighted by Crippen LogP contribution is 2.08. The van der Waals surface area contributed by atoms with Gasteiger partial charge in [0.1, 0.15) is 0 Å². The Morgan fingerprint density at radius 3 is 2.41 bits per heavy atom. The summed E-state index contributed by atoms with van der Waals surface area (Å²) in [4.78, 5) is 18.5. The number of hydrogen-bond donors (Lipinski definition) is 0. The minimum absolute atomic E-state index is 0.0360. The molecule has 22 heavy (non-hydrogen) atoms. The lowest BCUT2D eigenvalue weighted by Gasteiger charge is -2.25. The van der Waals surface area contributed by atoms with Crippen molar-refractivity contribution in [3.05, 3.63) is 24.3 Å². The molecule has 0 unspecified atom stereocenters. The highest BCUT2D eigenvalue weighted by atomic mass is 16.6. The van der Waals surface area contributed by atoms with E-state index in [2.05, 4.69) is 25.1 Å². The largest absolute Gasteiger partial charge is 0.386 e. The minimum atomic E-state index is 0.0360. The van der Waals surface area contributed by atoms with E-state index in [1.54, 1.807) is 6.21 Å². The van der Waals surface area contributed by atoms with Gasteiger partial charge in [0.15, 0.2) is 6.61 Å². The van der Waals surface area contributed by atoms with E-state index in [0.29, 0.717) is 0 Å². The summed E-state index contributed by atoms with van der Waals surface area (Å²) in [7, 11) is 0. The monoisotopic (exact) mass is 308 g/mol. The van der Waals surface area contributed by atoms with Crippen molar-refractivity contribution in [3.8, 4) is 0 Å². The van der Waals surface area contributed by atoms with Gasteiger partial charge < -0.3 is 9.74 Å². The van der Waals surface area contributed by atoms with Gasteiger partial charge in [-0.2, -0.15) is 0 Å². The Morgan fingerprint density at radius 2 is 1.77 bits per heavy atom. The first-order valence-corrected chi connectivity index (χ1v) is 8.45. The summed E-state index contributed by atoms with van der Waals surface area (Å²) < 4.78 is 0. The zero-order valence-corrected chi connectivity index (χ0v) is 14.5. The van der Waals surface area contributed by atoms with E-state index >= 15 is 0 Å². The number of hydrogen-bond acceptors (Lipinski definition) is 3. The highest BCUT2D eigenvalue weighted by molar-refractivity contribution is 5.77. The second-order valence-electron chi connectivity index (χ2n) is 5.25. The number of unbranched alkanes of at least 4 members (excludes halogenated alkanes) is 1. The molecule has 126 valence electrons. The molecule has 1 aliphatic rings. The Labute approximate surface area is 135 Å². The van der Waals surface area contributed by atoms with Crippen molar-refractivity contribution in [2.45, 2.75) is 59.3 Å². The summed E-state index contributed by atoms with van der Waals surface area (Å²) in [5, 5.41) is 3.75. The van der Waals surface area contributed by atoms with E-state index < -0.39 is 0 Å². The Balaban J connectivity index is 0.00000135. The van der Waals surface area contributed by atoms with E-state index in [9.17, 15) is 4.79 Å². The number of likely N-dealkylation sites (tertiary alicyclic amines) is 1. The van der Waals surface area contributed by atoms with Gasteiger partial charge in [-0.3, -0.25) is 4.79 Å². The lowest BCUT2D eigenvalue weighted by molar-refractivity contribution is -0.136. The second kappa shape index (κ2) is 15.8. The lowest BCUT2D eigenvalue weighted by Crippen LogP contribution is -2.37. The number of carbonyl (C=O) groups excluding carboxylic acids is 1. The van der Waals surface area contributed by atoms with Crippen LogP contribution in [-0.2, 0) is 9.63 Å². The summed E-state index contributed by atoms with van der Waals surface area (Å²) in [6.45, 7) is 8.02. The van der Waals surface area contributed by atoms with Crippen molar-refractivity contribution in [2.75, 3.05) is 19.7 Å². The molecular weight excluding hydrogens is 276 g/mol. The molecule has 0 aromatic heterocycles. The third-order valence-corrected chi connectivity index (χ3v) is 2.99. The van der Waals surface area contributed by atoms with Crippen LogP contribution in [-0.4, -0.2) is 36.7 Å². The van der Waals surface area contributed by atoms with Crippen LogP contribution in [0.3, 0.4) is 0 Å². The molecule has 1 aliphatic heterocycles. The molecule has 0 saturated carbocycles. The standard InChI is InChI=1S/C15H24N2O2.C3H8/c1-2-3-4-5-6-8-11-16-19-14-15(18)17-12-9-7-10-13-17;1-3-2/h2-3,6,8,11H,4-5,7,9-10,12-14H2,1H3;3H2,1-2H3/b3-2+,8-6+,16-11-;. The van der Waals surface area contributed by atoms with Crippen molar-refractivity contribution in [1.82, 2.24) is 4.90 Å². The highest BCUT2D eigenvalue weighted by Gasteiger charge is 2.16. The van der Waals surface area contributed by atoms with Gasteiger partial charge in [0.2, 0.25) is 0 Å². The number of oxime groups is 1. The van der Waals surface area contributed by atoms with Crippen LogP contribution < -0.4 is 0 Å². The van der Waals surface area contributed by atoms with Crippen LogP contribution in [0.15, 0.2) is 29.5 Å². The fourth-order valence-electron chi connectivity index (χ4n) is 1.92. The molecule has 0 bridgehead atoms. The number of carbonyl (C=O) groups is 1. The fraction of sp³-hybridized carbons (Fsp3) is 0.667. The molecule has 4 heteroatoms. The fourth-order valence-corrected chi connectivity index (χ4v) is 1.92. The van der Waals surface area contributed by atoms with E-state index in [0.717, 1.165) is 38.8 Å². The predicted molar refractivity (Wildman–Crippen MR) is 94.0 cm³/mol. The molecule has 4 nitrogen and oxygen atoms in total. The summed E-state index contributed by atoms with van der Waals surface area (Å²) in [5.74, 6) is 0.0360. The molecule has 0 aliphatic carbocycles. The summed E-state index contributed by atoms with van der Waals surface area (Å²) in [6.07, 6.45) is 16.3. The summed E-state index contributed by atoms with van der Waals surface area (Å²) >= 11 is 0. The first-order valence-electron chi connectivity index (χ1n) is 8.45. The Hall–Kier alpha value is -1.58. The van der Waals surface area contributed by atoms with Gasteiger partial charge in [-0.15, -0.1) is 0 Å². The van der Waals surface area contributed by atoms with Crippen molar-refractivity contribution in [1.29, 1.82) is 0 Å². The van der Waals surface area contributed by atoms with Crippen molar-refractivity contribution in [2.24, 2.45) is 5.16 Å². The van der Waals surface area contributed by atoms with E-state index in [1.807, 2.05) is 30.1 Å². The lowest BCUT2D eigenvalue weighted by atomic mass is 10.1. The molecule has 0 aromatic carbocycles. The molecule has 0 spiro atoms. The third-order valence-electron chi connectivity index (χ3n) is 2.99. The zero-order valence-electron chi connectivity index (χ0n) is 14.5. The van der Waals surface area contributed by atoms with Gasteiger partial charge in [0.25, 0.3) is 5.91 Å². The van der Waals surface area contributed by atoms with Crippen LogP contribution in [0.4, 0.5) is 0 Å². The van der Waals surface area contributed by atoms with Crippen molar-refractivity contribution < 1.29 is 9.63 Å². The molecule has 1 saturated heterocycles. The second-order valence-corrected chi connectivity index (χ2v) is 5.25. The quantitative estimate of drug-likeness (QED) is 0.304. The van der Waals surface area contributed by atoms with Crippen LogP contribution in [0.2, 0.25) is 0 Å². The number of nitrogens with zero attached hydrogens (tertiary/aromatic N) is 2. The molecule has 0 radical (unpaired) electrons. The molecular formula is C18H32N2O2. The van der Waals surface area contributed by atoms with Gasteiger partial charge >= 0.3 is 0 Å². The molecule has 1 amide bonds. The first-order chi connectivity index (χ1) is 10.8. The zero-order chi connectivity index (χ0) is 16.5. The molecule has 0 atom stereocenters. The smallest absolute Gasteiger partial charge is 0.263 e. The van der Waals surface area contributed by atoms with Gasteiger partial charge in [-0.25, -0.2) is 0 Å². The number of piperidine rings is 1. The molecule has 0 N–H and O–H groups in total. The maximum atomic E-state index is 11.7. The Bertz CT molecular complexity index is 343. The normalized spacial score (nSPS) is 15.3. The van der Waals surface area contributed by atoms with Crippen LogP contribution in [0.1, 0.15) is 59.3 Å². The van der Waals surface area contributed by atoms with Gasteiger partial charge in [0.05, 0.1) is 6.21 Å². The maximum absolute atomic E-state index is 11.7. The average molecular weight is 308 g/mol. The Kier molecular flexibility index (Phi) is 14.7. The van der Waals surface area contributed by atoms with E-state index in [4.69, 9.17) is 4.84 Å². The minimum Gasteiger partial charge on any atom is -0.386 e. The molecule has 1 heterocycles. The SMILES string of the molecule is C/C=C/CC/C=C/C=N\OCC(=O)N1CCCCC1.CCC. The summed E-state index contributed by atoms with van der Waals surface area (Å²) in [6, 6.07) is 0. The molecule has 1 fully saturated rings. The predicted octanol–water partition coefficient (Wildman–Crippen LogP) is 4.33. The molecule has 0 aromatic rings. The van der Waals surface area contributed by atoms with Crippen molar-refractivity contribution >= 4 is 12.1 Å². The average Bonchev–Trinajstić information content (AvgIpc) is 2.54. The first kappa shape index (κ1) is 20.4. The van der Waals surface area contributed by atoms with Gasteiger partial charge in [-0.05, 0) is 45.1 Å². The Morgan fingerprint density at radius 1 is 1.14 bits per heavy atom. The van der Waals surface area contributed by atoms with Crippen molar-refractivity contribution in [3.63, 3.8) is 0 Å². The maximum Gasteiger partial charge on any atom is 0.263 e. The summed E-state index contributed by atoms with van der Waals surface area (Å²) in [5.41, 5.74) is 0. The third kappa shape index (κ3) is 12.2. The van der Waals surface area contributed by atoms with Crippen LogP contribution >= 0.6 is 0 Å². The number of rotatable bonds is 7. The molecule has 1 rings (SSSR count). The van der Waals surface area contributed by atoms with E-state index in [-0.39, 0.29) is 12.5 Å². The number of allylic oxidation sites excluding steroid dienone is 4. The van der Waals surface area contributed by atoms with E-state index in [1.165, 1.54) is 12.8 Å². The number of amides is 1. The van der Waals surface area contributed by atoms with Crippen LogP contribution in [0, 0.1) is 0 Å². The van der Waals surface area contributed by atoms with Crippen LogP contribution in [0.25, 0.3) is 0 Å². The van der Waals surface area contributed by atoms with Crippen LogP contribution in [0.5, 0.6) is 0 Å². The van der Waals surface area contributed by atoms with Gasteiger partial charge in [0, 0.05) is 13.1 Å². The van der Waals surface area contributed by atoms with Gasteiger partial charge in [-0.1, -0.05) is 43.7 Å².